The van der Waals surface area contributed by atoms with E-state index in [9.17, 15) is 13.2 Å². The van der Waals surface area contributed by atoms with Gasteiger partial charge in [0.15, 0.2) is 0 Å². The van der Waals surface area contributed by atoms with E-state index in [0.29, 0.717) is 48.1 Å². The predicted molar refractivity (Wildman–Crippen MR) is 136 cm³/mol. The molecule has 33 heavy (non-hydrogen) atoms. The number of carbonyl (C=O) groups is 1. The van der Waals surface area contributed by atoms with Gasteiger partial charge in [-0.15, -0.1) is 0 Å². The molecule has 182 valence electrons. The molecule has 1 fully saturated rings. The van der Waals surface area contributed by atoms with E-state index in [1.54, 1.807) is 18.2 Å². The first-order valence-corrected chi connectivity index (χ1v) is 13.8. The van der Waals surface area contributed by atoms with Gasteiger partial charge in [0.25, 0.3) is 5.91 Å². The highest BCUT2D eigenvalue weighted by Crippen LogP contribution is 2.36. The minimum atomic E-state index is -3.29. The van der Waals surface area contributed by atoms with Gasteiger partial charge in [0.2, 0.25) is 10.0 Å². The van der Waals surface area contributed by atoms with Crippen molar-refractivity contribution in [1.29, 1.82) is 0 Å². The second-order valence-corrected chi connectivity index (χ2v) is 11.0. The highest BCUT2D eigenvalue weighted by Gasteiger charge is 2.40. The van der Waals surface area contributed by atoms with E-state index >= 15 is 0 Å². The van der Waals surface area contributed by atoms with Gasteiger partial charge in [0.05, 0.1) is 22.0 Å². The third-order valence-electron chi connectivity index (χ3n) is 5.56. The van der Waals surface area contributed by atoms with Crippen molar-refractivity contribution >= 4 is 50.7 Å². The van der Waals surface area contributed by atoms with Gasteiger partial charge in [-0.05, 0) is 49.6 Å². The molecule has 6 nitrogen and oxygen atoms in total. The first kappa shape index (κ1) is 27.9. The zero-order valence-electron chi connectivity index (χ0n) is 19.1. The lowest BCUT2D eigenvalue weighted by Gasteiger charge is -2.41. The average molecular weight is 535 g/mol. The molecule has 1 aliphatic rings. The smallest absolute Gasteiger partial charge is 0.252 e. The summed E-state index contributed by atoms with van der Waals surface area (Å²) in [5, 5.41) is 4.01. The fourth-order valence-corrected chi connectivity index (χ4v) is 6.00. The number of nitrogens with zero attached hydrogens (tertiary/aromatic N) is 2. The Balaban J connectivity index is 0.00000187. The van der Waals surface area contributed by atoms with Crippen LogP contribution in [0.25, 0.3) is 0 Å². The van der Waals surface area contributed by atoms with Crippen molar-refractivity contribution in [1.82, 2.24) is 14.6 Å². The molecular weight excluding hydrogens is 505 g/mol. The molecule has 2 heterocycles. The summed E-state index contributed by atoms with van der Waals surface area (Å²) in [7, 11) is -3.29. The van der Waals surface area contributed by atoms with Crippen LogP contribution in [0.15, 0.2) is 36.4 Å². The molecular formula is C23H30Cl3N3O3S. The number of aromatic nitrogens is 1. The Kier molecular flexibility index (Phi) is 10.4. The zero-order valence-corrected chi connectivity index (χ0v) is 22.2. The van der Waals surface area contributed by atoms with Gasteiger partial charge in [-0.2, -0.15) is 0 Å². The lowest BCUT2D eigenvalue weighted by molar-refractivity contribution is 0.0932. The van der Waals surface area contributed by atoms with Crippen LogP contribution in [0.1, 0.15) is 56.1 Å². The number of hydrogen-bond acceptors (Lipinski definition) is 4. The molecule has 1 amide bonds. The number of nitrogens with one attached hydrogen (secondary N) is 1. The predicted octanol–water partition coefficient (Wildman–Crippen LogP) is 5.57. The molecule has 1 aliphatic heterocycles. The Labute approximate surface area is 211 Å². The maximum Gasteiger partial charge on any atom is 0.252 e. The minimum Gasteiger partial charge on any atom is -0.351 e. The topological polar surface area (TPSA) is 79.4 Å². The third kappa shape index (κ3) is 7.06. The molecule has 0 bridgehead atoms. The zero-order chi connectivity index (χ0) is 24.6. The van der Waals surface area contributed by atoms with Crippen LogP contribution < -0.4 is 5.32 Å². The number of carbonyl (C=O) groups excluding carboxylic acids is 1. The molecule has 0 spiro atoms. The van der Waals surface area contributed by atoms with Crippen LogP contribution in [0.2, 0.25) is 15.2 Å². The Morgan fingerprint density at radius 3 is 2.36 bits per heavy atom. The van der Waals surface area contributed by atoms with Gasteiger partial charge in [0, 0.05) is 30.1 Å². The maximum atomic E-state index is 12.8. The Bertz CT molecular complexity index is 1060. The number of hydrogen-bond donors (Lipinski definition) is 1. The third-order valence-corrected chi connectivity index (χ3v) is 8.39. The monoisotopic (exact) mass is 533 g/mol. The lowest BCUT2D eigenvalue weighted by atomic mass is 9.75. The highest BCUT2D eigenvalue weighted by molar-refractivity contribution is 7.89. The van der Waals surface area contributed by atoms with Crippen molar-refractivity contribution in [2.45, 2.75) is 45.4 Å². The number of halogens is 3. The summed E-state index contributed by atoms with van der Waals surface area (Å²) in [5.74, 6) is -0.203. The van der Waals surface area contributed by atoms with Crippen LogP contribution in [0, 0.1) is 0 Å². The summed E-state index contributed by atoms with van der Waals surface area (Å²) < 4.78 is 26.5. The second kappa shape index (κ2) is 12.4. The van der Waals surface area contributed by atoms with E-state index in [0.717, 1.165) is 5.69 Å². The summed E-state index contributed by atoms with van der Waals surface area (Å²) in [6.45, 7) is 6.83. The first-order valence-electron chi connectivity index (χ1n) is 11.0. The SMILES string of the molecule is CC.CCCS(=O)(=O)N1CCC(CNC(=O)c2ccc(Cl)cc2Cl)(c2cccc(Cl)n2)CC1. The minimum absolute atomic E-state index is 0.126. The molecule has 1 aromatic heterocycles. The normalized spacial score (nSPS) is 15.9. The van der Waals surface area contributed by atoms with Crippen molar-refractivity contribution in [3.05, 3.63) is 62.9 Å². The molecule has 1 N–H and O–H groups in total. The first-order chi connectivity index (χ1) is 15.7. The summed E-state index contributed by atoms with van der Waals surface area (Å²) in [6.07, 6.45) is 1.59. The number of benzene rings is 1. The largest absolute Gasteiger partial charge is 0.351 e. The van der Waals surface area contributed by atoms with Crippen LogP contribution in [-0.2, 0) is 15.4 Å². The van der Waals surface area contributed by atoms with Gasteiger partial charge in [-0.25, -0.2) is 17.7 Å². The Morgan fingerprint density at radius 2 is 1.79 bits per heavy atom. The lowest BCUT2D eigenvalue weighted by Crippen LogP contribution is -2.51. The highest BCUT2D eigenvalue weighted by atomic mass is 35.5. The molecule has 0 atom stereocenters. The standard InChI is InChI=1S/C21H24Cl3N3O3S.C2H6/c1-2-12-31(29,30)27-10-8-21(9-11-27,18-4-3-5-19(24)26-18)14-25-20(28)16-7-6-15(22)13-17(16)23;1-2/h3-7,13H,2,8-12,14H2,1H3,(H,25,28);1-2H3. The van der Waals surface area contributed by atoms with Crippen molar-refractivity contribution in [2.75, 3.05) is 25.4 Å². The Morgan fingerprint density at radius 1 is 1.12 bits per heavy atom. The molecule has 0 saturated carbocycles. The number of pyridine rings is 1. The fraction of sp³-hybridized carbons (Fsp3) is 0.478. The van der Waals surface area contributed by atoms with Crippen LogP contribution in [0.4, 0.5) is 0 Å². The van der Waals surface area contributed by atoms with Gasteiger partial charge in [-0.1, -0.05) is 61.6 Å². The van der Waals surface area contributed by atoms with Gasteiger partial charge < -0.3 is 5.32 Å². The van der Waals surface area contributed by atoms with E-state index in [1.807, 2.05) is 32.9 Å². The summed E-state index contributed by atoms with van der Waals surface area (Å²) in [5.41, 5.74) is 0.510. The quantitative estimate of drug-likeness (QED) is 0.471. The molecule has 0 radical (unpaired) electrons. The summed E-state index contributed by atoms with van der Waals surface area (Å²) in [4.78, 5) is 17.3. The van der Waals surface area contributed by atoms with Crippen molar-refractivity contribution in [3.8, 4) is 0 Å². The van der Waals surface area contributed by atoms with Crippen molar-refractivity contribution in [2.24, 2.45) is 0 Å². The van der Waals surface area contributed by atoms with E-state index in [4.69, 9.17) is 34.8 Å². The summed E-state index contributed by atoms with van der Waals surface area (Å²) in [6, 6.07) is 10.1. The van der Waals surface area contributed by atoms with Crippen LogP contribution in [0.5, 0.6) is 0 Å². The van der Waals surface area contributed by atoms with Crippen LogP contribution in [0.3, 0.4) is 0 Å². The van der Waals surface area contributed by atoms with Crippen molar-refractivity contribution in [3.63, 3.8) is 0 Å². The maximum absolute atomic E-state index is 12.8. The van der Waals surface area contributed by atoms with E-state index in [2.05, 4.69) is 10.3 Å². The van der Waals surface area contributed by atoms with Gasteiger partial charge >= 0.3 is 0 Å². The molecule has 3 rings (SSSR count). The van der Waals surface area contributed by atoms with E-state index < -0.39 is 15.4 Å². The summed E-state index contributed by atoms with van der Waals surface area (Å²) >= 11 is 18.2. The molecule has 2 aromatic rings. The Hall–Kier alpha value is -1.38. The number of amides is 1. The molecule has 1 aromatic carbocycles. The number of sulfonamides is 1. The average Bonchev–Trinajstić information content (AvgIpc) is 2.79. The number of piperidine rings is 1. The van der Waals surface area contributed by atoms with Crippen LogP contribution >= 0.6 is 34.8 Å². The molecule has 1 saturated heterocycles. The van der Waals surface area contributed by atoms with Gasteiger partial charge in [0.1, 0.15) is 5.15 Å². The van der Waals surface area contributed by atoms with Crippen LogP contribution in [-0.4, -0.2) is 49.0 Å². The molecule has 0 unspecified atom stereocenters. The van der Waals surface area contributed by atoms with E-state index in [-0.39, 0.29) is 23.2 Å². The second-order valence-electron chi connectivity index (χ2n) is 7.65. The molecule has 10 heteroatoms. The van der Waals surface area contributed by atoms with Gasteiger partial charge in [-0.3, -0.25) is 4.79 Å². The van der Waals surface area contributed by atoms with E-state index in [1.165, 1.54) is 10.4 Å². The number of rotatable bonds is 7. The molecule has 0 aliphatic carbocycles. The van der Waals surface area contributed by atoms with Crippen molar-refractivity contribution < 1.29 is 13.2 Å². The fourth-order valence-electron chi connectivity index (χ4n) is 3.82.